The number of nitrogens with one attached hydrogen (secondary N) is 1. The Kier molecular flexibility index (Phi) is 5.97. The highest BCUT2D eigenvalue weighted by Gasteiger charge is 2.27. The molecule has 0 spiro atoms. The Hall–Kier alpha value is -2.32. The fourth-order valence-electron chi connectivity index (χ4n) is 4.56. The van der Waals surface area contributed by atoms with E-state index in [0.29, 0.717) is 18.0 Å². The van der Waals surface area contributed by atoms with Gasteiger partial charge in [-0.3, -0.25) is 0 Å². The second-order valence-corrected chi connectivity index (χ2v) is 8.08. The Morgan fingerprint density at radius 1 is 0.964 bits per heavy atom. The topological polar surface area (TPSA) is 21.3 Å². The summed E-state index contributed by atoms with van der Waals surface area (Å²) in [6.07, 6.45) is 4.76. The maximum absolute atomic E-state index is 5.72. The minimum atomic E-state index is 0.361. The molecule has 1 aliphatic rings. The first-order chi connectivity index (χ1) is 13.7. The predicted molar refractivity (Wildman–Crippen MR) is 118 cm³/mol. The molecule has 4 rings (SSSR count). The van der Waals surface area contributed by atoms with E-state index in [-0.39, 0.29) is 0 Å². The Morgan fingerprint density at radius 3 is 2.57 bits per heavy atom. The van der Waals surface area contributed by atoms with Crippen molar-refractivity contribution in [3.8, 4) is 5.75 Å². The summed E-state index contributed by atoms with van der Waals surface area (Å²) in [6, 6.07) is 25.0. The quantitative estimate of drug-likeness (QED) is 0.503. The number of hydrogen-bond acceptors (Lipinski definition) is 2. The zero-order chi connectivity index (χ0) is 19.3. The van der Waals surface area contributed by atoms with Gasteiger partial charge in [0.05, 0.1) is 6.61 Å². The molecule has 28 heavy (non-hydrogen) atoms. The highest BCUT2D eigenvalue weighted by molar-refractivity contribution is 5.86. The SMILES string of the molecule is CCCOc1ccc([C@@H]2CC[C@H](N[C@H](C)c3cccc4ccccc34)C2)cc1. The van der Waals surface area contributed by atoms with Crippen molar-refractivity contribution < 1.29 is 4.74 Å². The summed E-state index contributed by atoms with van der Waals surface area (Å²) in [5, 5.41) is 6.59. The molecular formula is C26H31NO. The molecule has 0 amide bonds. The molecule has 0 heterocycles. The number of benzene rings is 3. The number of ether oxygens (including phenoxy) is 1. The summed E-state index contributed by atoms with van der Waals surface area (Å²) in [6.45, 7) is 5.23. The van der Waals surface area contributed by atoms with Crippen molar-refractivity contribution in [3.05, 3.63) is 77.9 Å². The van der Waals surface area contributed by atoms with Crippen LogP contribution < -0.4 is 10.1 Å². The lowest BCUT2D eigenvalue weighted by Gasteiger charge is -2.21. The van der Waals surface area contributed by atoms with Gasteiger partial charge in [0.15, 0.2) is 0 Å². The summed E-state index contributed by atoms with van der Waals surface area (Å²) >= 11 is 0. The maximum atomic E-state index is 5.72. The average molecular weight is 374 g/mol. The van der Waals surface area contributed by atoms with Crippen molar-refractivity contribution in [1.29, 1.82) is 0 Å². The smallest absolute Gasteiger partial charge is 0.119 e. The molecule has 146 valence electrons. The van der Waals surface area contributed by atoms with Crippen LogP contribution in [0.5, 0.6) is 5.75 Å². The molecule has 0 aromatic heterocycles. The van der Waals surface area contributed by atoms with Crippen molar-refractivity contribution in [1.82, 2.24) is 5.32 Å². The molecule has 1 aliphatic carbocycles. The van der Waals surface area contributed by atoms with Crippen LogP contribution in [0.3, 0.4) is 0 Å². The van der Waals surface area contributed by atoms with E-state index in [1.54, 1.807) is 0 Å². The van der Waals surface area contributed by atoms with Gasteiger partial charge >= 0.3 is 0 Å². The van der Waals surface area contributed by atoms with Crippen LogP contribution in [-0.4, -0.2) is 12.6 Å². The summed E-state index contributed by atoms with van der Waals surface area (Å²) < 4.78 is 5.72. The molecule has 0 aliphatic heterocycles. The Morgan fingerprint density at radius 2 is 1.75 bits per heavy atom. The van der Waals surface area contributed by atoms with E-state index in [4.69, 9.17) is 4.74 Å². The van der Waals surface area contributed by atoms with Crippen LogP contribution in [0.4, 0.5) is 0 Å². The summed E-state index contributed by atoms with van der Waals surface area (Å²) in [7, 11) is 0. The van der Waals surface area contributed by atoms with E-state index in [1.165, 1.54) is 41.2 Å². The van der Waals surface area contributed by atoms with Crippen LogP contribution in [0.2, 0.25) is 0 Å². The average Bonchev–Trinajstić information content (AvgIpc) is 3.20. The summed E-state index contributed by atoms with van der Waals surface area (Å²) in [5.74, 6) is 1.64. The lowest BCUT2D eigenvalue weighted by molar-refractivity contribution is 0.317. The maximum Gasteiger partial charge on any atom is 0.119 e. The molecule has 2 heteroatoms. The molecule has 0 saturated heterocycles. The second-order valence-electron chi connectivity index (χ2n) is 8.08. The van der Waals surface area contributed by atoms with Crippen LogP contribution in [-0.2, 0) is 0 Å². The fraction of sp³-hybridized carbons (Fsp3) is 0.385. The summed E-state index contributed by atoms with van der Waals surface area (Å²) in [5.41, 5.74) is 2.85. The second kappa shape index (κ2) is 8.79. The monoisotopic (exact) mass is 373 g/mol. The zero-order valence-electron chi connectivity index (χ0n) is 17.0. The lowest BCUT2D eigenvalue weighted by Crippen LogP contribution is -2.29. The van der Waals surface area contributed by atoms with E-state index < -0.39 is 0 Å². The van der Waals surface area contributed by atoms with Gasteiger partial charge in [-0.15, -0.1) is 0 Å². The minimum Gasteiger partial charge on any atom is -0.494 e. The van der Waals surface area contributed by atoms with E-state index in [2.05, 4.69) is 85.9 Å². The van der Waals surface area contributed by atoms with E-state index >= 15 is 0 Å². The Balaban J connectivity index is 1.39. The van der Waals surface area contributed by atoms with Gasteiger partial charge in [0.2, 0.25) is 0 Å². The normalized spacial score (nSPS) is 20.4. The number of hydrogen-bond donors (Lipinski definition) is 1. The van der Waals surface area contributed by atoms with Gasteiger partial charge < -0.3 is 10.1 Å². The van der Waals surface area contributed by atoms with Gasteiger partial charge in [-0.2, -0.15) is 0 Å². The standard InChI is InChI=1S/C26H31NO/c1-3-17-28-24-15-12-20(13-16-24)22-11-14-23(18-22)27-19(2)25-10-6-8-21-7-4-5-9-26(21)25/h4-10,12-13,15-16,19,22-23,27H,3,11,14,17-18H2,1-2H3/t19-,22-,23+/m1/s1. The highest BCUT2D eigenvalue weighted by atomic mass is 16.5. The van der Waals surface area contributed by atoms with Gasteiger partial charge in [0.1, 0.15) is 5.75 Å². The third-order valence-electron chi connectivity index (χ3n) is 6.03. The molecule has 3 atom stereocenters. The van der Waals surface area contributed by atoms with Gasteiger partial charge in [-0.05, 0) is 72.6 Å². The largest absolute Gasteiger partial charge is 0.494 e. The molecule has 0 unspecified atom stereocenters. The first-order valence-electron chi connectivity index (χ1n) is 10.7. The van der Waals surface area contributed by atoms with Crippen molar-refractivity contribution in [2.45, 2.75) is 57.5 Å². The van der Waals surface area contributed by atoms with E-state index in [9.17, 15) is 0 Å². The van der Waals surface area contributed by atoms with Crippen molar-refractivity contribution in [3.63, 3.8) is 0 Å². The molecule has 0 bridgehead atoms. The van der Waals surface area contributed by atoms with Crippen LogP contribution in [0.25, 0.3) is 10.8 Å². The molecule has 1 fully saturated rings. The minimum absolute atomic E-state index is 0.361. The molecular weight excluding hydrogens is 342 g/mol. The highest BCUT2D eigenvalue weighted by Crippen LogP contribution is 2.36. The van der Waals surface area contributed by atoms with Gasteiger partial charge in [-0.25, -0.2) is 0 Å². The van der Waals surface area contributed by atoms with Gasteiger partial charge in [-0.1, -0.05) is 61.5 Å². The predicted octanol–water partition coefficient (Wildman–Crippen LogP) is 6.62. The van der Waals surface area contributed by atoms with Crippen LogP contribution >= 0.6 is 0 Å². The first-order valence-corrected chi connectivity index (χ1v) is 10.7. The third kappa shape index (κ3) is 4.23. The van der Waals surface area contributed by atoms with Gasteiger partial charge in [0.25, 0.3) is 0 Å². The molecule has 3 aromatic carbocycles. The Bertz CT molecular complexity index is 896. The van der Waals surface area contributed by atoms with Crippen LogP contribution in [0.15, 0.2) is 66.7 Å². The zero-order valence-corrected chi connectivity index (χ0v) is 17.0. The van der Waals surface area contributed by atoms with Crippen LogP contribution in [0.1, 0.15) is 62.6 Å². The number of rotatable bonds is 7. The molecule has 3 aromatic rings. The lowest BCUT2D eigenvalue weighted by atomic mass is 9.96. The van der Waals surface area contributed by atoms with Crippen molar-refractivity contribution >= 4 is 10.8 Å². The van der Waals surface area contributed by atoms with Crippen molar-refractivity contribution in [2.24, 2.45) is 0 Å². The fourth-order valence-corrected chi connectivity index (χ4v) is 4.56. The third-order valence-corrected chi connectivity index (χ3v) is 6.03. The molecule has 1 N–H and O–H groups in total. The molecule has 2 nitrogen and oxygen atoms in total. The van der Waals surface area contributed by atoms with E-state index in [0.717, 1.165) is 18.8 Å². The summed E-state index contributed by atoms with van der Waals surface area (Å²) in [4.78, 5) is 0. The Labute approximate surface area is 168 Å². The molecule has 1 saturated carbocycles. The first kappa shape index (κ1) is 19.0. The van der Waals surface area contributed by atoms with E-state index in [1.807, 2.05) is 0 Å². The van der Waals surface area contributed by atoms with Crippen molar-refractivity contribution in [2.75, 3.05) is 6.61 Å². The number of fused-ring (bicyclic) bond motifs is 1. The van der Waals surface area contributed by atoms with Crippen LogP contribution in [0, 0.1) is 0 Å². The van der Waals surface area contributed by atoms with Gasteiger partial charge in [0, 0.05) is 12.1 Å². The molecule has 0 radical (unpaired) electrons.